The summed E-state index contributed by atoms with van der Waals surface area (Å²) in [6.07, 6.45) is 13.0. The summed E-state index contributed by atoms with van der Waals surface area (Å²) in [6.45, 7) is 2.61. The molecule has 0 bridgehead atoms. The smallest absolute Gasteiger partial charge is 0.0862 e. The van der Waals surface area contributed by atoms with Crippen molar-refractivity contribution in [2.75, 3.05) is 13.1 Å². The van der Waals surface area contributed by atoms with Gasteiger partial charge in [0.2, 0.25) is 0 Å². The maximum atomic E-state index is 10.3. The molecule has 3 rings (SSSR count). The molecule has 0 amide bonds. The lowest BCUT2D eigenvalue weighted by Crippen LogP contribution is -2.39. The summed E-state index contributed by atoms with van der Waals surface area (Å²) in [5, 5.41) is 14.5. The summed E-state index contributed by atoms with van der Waals surface area (Å²) in [5.41, 5.74) is 0. The van der Waals surface area contributed by atoms with Gasteiger partial charge in [0.25, 0.3) is 0 Å². The Morgan fingerprint density at radius 1 is 1.20 bits per heavy atom. The molecule has 1 atom stereocenters. The maximum absolute atomic E-state index is 10.3. The summed E-state index contributed by atoms with van der Waals surface area (Å²) in [7, 11) is 0. The Hall–Kier alpha value is -0.870. The van der Waals surface area contributed by atoms with E-state index in [2.05, 4.69) is 10.00 Å². The molecule has 2 aliphatic rings. The van der Waals surface area contributed by atoms with Gasteiger partial charge in [-0.1, -0.05) is 19.3 Å². The van der Waals surface area contributed by atoms with Gasteiger partial charge in [0.1, 0.15) is 0 Å². The van der Waals surface area contributed by atoms with Crippen LogP contribution in [-0.2, 0) is 6.54 Å². The molecule has 2 saturated carbocycles. The summed E-state index contributed by atoms with van der Waals surface area (Å²) in [6, 6.07) is 2.65. The molecule has 0 radical (unpaired) electrons. The minimum atomic E-state index is -0.306. The van der Waals surface area contributed by atoms with E-state index in [-0.39, 0.29) is 6.10 Å². The highest BCUT2D eigenvalue weighted by Crippen LogP contribution is 2.31. The molecule has 1 aromatic rings. The van der Waals surface area contributed by atoms with Gasteiger partial charge in [-0.3, -0.25) is 9.58 Å². The Morgan fingerprint density at radius 2 is 2.00 bits per heavy atom. The van der Waals surface area contributed by atoms with Gasteiger partial charge in [0, 0.05) is 31.5 Å². The Bertz CT molecular complexity index is 382. The Labute approximate surface area is 121 Å². The lowest BCUT2D eigenvalue weighted by atomic mass is 9.89. The fraction of sp³-hybridized carbons (Fsp3) is 0.812. The van der Waals surface area contributed by atoms with E-state index in [0.29, 0.717) is 6.54 Å². The fourth-order valence-corrected chi connectivity index (χ4v) is 3.47. The van der Waals surface area contributed by atoms with Crippen molar-refractivity contribution in [2.24, 2.45) is 5.92 Å². The standard InChI is InChI=1S/C16H27N3O/c20-16(13-19-10-4-9-17-19)12-18(15-7-8-15)11-14-5-2-1-3-6-14/h4,9-10,14-16,20H,1-3,5-8,11-13H2/t16-/m1/s1. The number of nitrogens with zero attached hydrogens (tertiary/aromatic N) is 3. The zero-order valence-electron chi connectivity index (χ0n) is 12.3. The molecule has 0 aliphatic heterocycles. The van der Waals surface area contributed by atoms with Crippen LogP contribution in [0.4, 0.5) is 0 Å². The highest BCUT2D eigenvalue weighted by atomic mass is 16.3. The van der Waals surface area contributed by atoms with Gasteiger partial charge in [-0.05, 0) is 37.7 Å². The number of aromatic nitrogens is 2. The van der Waals surface area contributed by atoms with Gasteiger partial charge >= 0.3 is 0 Å². The zero-order chi connectivity index (χ0) is 13.8. The van der Waals surface area contributed by atoms with Crippen molar-refractivity contribution in [2.45, 2.75) is 63.6 Å². The van der Waals surface area contributed by atoms with Crippen molar-refractivity contribution in [1.82, 2.24) is 14.7 Å². The number of aliphatic hydroxyl groups is 1. The van der Waals surface area contributed by atoms with Crippen molar-refractivity contribution in [1.29, 1.82) is 0 Å². The van der Waals surface area contributed by atoms with Crippen LogP contribution in [0.3, 0.4) is 0 Å². The largest absolute Gasteiger partial charge is 0.390 e. The van der Waals surface area contributed by atoms with E-state index in [1.807, 2.05) is 16.9 Å². The summed E-state index contributed by atoms with van der Waals surface area (Å²) in [5.74, 6) is 0.862. The predicted octanol–water partition coefficient (Wildman–Crippen LogP) is 2.29. The molecule has 0 spiro atoms. The third-order valence-corrected chi connectivity index (χ3v) is 4.68. The van der Waals surface area contributed by atoms with Crippen LogP contribution in [0, 0.1) is 5.92 Å². The van der Waals surface area contributed by atoms with Gasteiger partial charge in [-0.2, -0.15) is 5.10 Å². The molecule has 1 heterocycles. The lowest BCUT2D eigenvalue weighted by molar-refractivity contribution is 0.0784. The predicted molar refractivity (Wildman–Crippen MR) is 79.4 cm³/mol. The second kappa shape index (κ2) is 6.72. The first-order valence-electron chi connectivity index (χ1n) is 8.21. The molecule has 0 aromatic carbocycles. The van der Waals surface area contributed by atoms with Crippen LogP contribution in [0.25, 0.3) is 0 Å². The Balaban J connectivity index is 1.48. The van der Waals surface area contributed by atoms with Crippen LogP contribution in [-0.4, -0.2) is 45.0 Å². The van der Waals surface area contributed by atoms with Gasteiger partial charge in [0.05, 0.1) is 12.6 Å². The van der Waals surface area contributed by atoms with Gasteiger partial charge < -0.3 is 5.11 Å². The molecular formula is C16H27N3O. The van der Waals surface area contributed by atoms with Crippen molar-refractivity contribution in [3.8, 4) is 0 Å². The topological polar surface area (TPSA) is 41.3 Å². The molecule has 2 aliphatic carbocycles. The Morgan fingerprint density at radius 3 is 2.65 bits per heavy atom. The molecule has 1 aromatic heterocycles. The van der Waals surface area contributed by atoms with E-state index in [1.165, 1.54) is 51.5 Å². The first-order valence-corrected chi connectivity index (χ1v) is 8.21. The molecule has 1 N–H and O–H groups in total. The van der Waals surface area contributed by atoms with E-state index in [1.54, 1.807) is 6.20 Å². The van der Waals surface area contributed by atoms with Crippen LogP contribution in [0.5, 0.6) is 0 Å². The van der Waals surface area contributed by atoms with Crippen molar-refractivity contribution in [3.05, 3.63) is 18.5 Å². The highest BCUT2D eigenvalue weighted by Gasteiger charge is 2.32. The number of hydrogen-bond donors (Lipinski definition) is 1. The minimum absolute atomic E-state index is 0.306. The average Bonchev–Trinajstić information content (AvgIpc) is 3.18. The number of hydrogen-bond acceptors (Lipinski definition) is 3. The van der Waals surface area contributed by atoms with Crippen LogP contribution >= 0.6 is 0 Å². The van der Waals surface area contributed by atoms with E-state index in [9.17, 15) is 5.11 Å². The second-order valence-electron chi connectivity index (χ2n) is 6.57. The summed E-state index contributed by atoms with van der Waals surface area (Å²) >= 11 is 0. The van der Waals surface area contributed by atoms with Crippen LogP contribution in [0.2, 0.25) is 0 Å². The second-order valence-corrected chi connectivity index (χ2v) is 6.57. The molecule has 4 heteroatoms. The first kappa shape index (κ1) is 14.1. The van der Waals surface area contributed by atoms with Crippen molar-refractivity contribution >= 4 is 0 Å². The van der Waals surface area contributed by atoms with Crippen LogP contribution in [0.15, 0.2) is 18.5 Å². The number of aliphatic hydroxyl groups excluding tert-OH is 1. The molecule has 0 saturated heterocycles. The molecule has 20 heavy (non-hydrogen) atoms. The maximum Gasteiger partial charge on any atom is 0.0862 e. The zero-order valence-corrected chi connectivity index (χ0v) is 12.3. The minimum Gasteiger partial charge on any atom is -0.390 e. The monoisotopic (exact) mass is 277 g/mol. The van der Waals surface area contributed by atoms with E-state index in [0.717, 1.165) is 18.5 Å². The van der Waals surface area contributed by atoms with E-state index in [4.69, 9.17) is 0 Å². The van der Waals surface area contributed by atoms with E-state index < -0.39 is 0 Å². The van der Waals surface area contributed by atoms with Crippen molar-refractivity contribution < 1.29 is 5.11 Å². The molecule has 2 fully saturated rings. The van der Waals surface area contributed by atoms with Crippen LogP contribution < -0.4 is 0 Å². The van der Waals surface area contributed by atoms with Gasteiger partial charge in [-0.25, -0.2) is 0 Å². The number of rotatable bonds is 7. The van der Waals surface area contributed by atoms with Crippen molar-refractivity contribution in [3.63, 3.8) is 0 Å². The highest BCUT2D eigenvalue weighted by molar-refractivity contribution is 4.88. The normalized spacial score (nSPS) is 22.3. The Kier molecular flexibility index (Phi) is 4.73. The van der Waals surface area contributed by atoms with Crippen LogP contribution in [0.1, 0.15) is 44.9 Å². The lowest BCUT2D eigenvalue weighted by Gasteiger charge is -2.31. The third-order valence-electron chi connectivity index (χ3n) is 4.68. The SMILES string of the molecule is O[C@H](CN(CC1CCCCC1)C1CC1)Cn1cccn1. The third kappa shape index (κ3) is 4.06. The quantitative estimate of drug-likeness (QED) is 0.831. The first-order chi connectivity index (χ1) is 9.81. The molecule has 4 nitrogen and oxygen atoms in total. The molecule has 112 valence electrons. The van der Waals surface area contributed by atoms with Gasteiger partial charge in [0.15, 0.2) is 0 Å². The summed E-state index contributed by atoms with van der Waals surface area (Å²) in [4.78, 5) is 2.55. The average molecular weight is 277 g/mol. The summed E-state index contributed by atoms with van der Waals surface area (Å²) < 4.78 is 1.83. The molecule has 0 unspecified atom stereocenters. The van der Waals surface area contributed by atoms with E-state index >= 15 is 0 Å². The molecular weight excluding hydrogens is 250 g/mol. The van der Waals surface area contributed by atoms with Gasteiger partial charge in [-0.15, -0.1) is 0 Å². The fourth-order valence-electron chi connectivity index (χ4n) is 3.47.